The smallest absolute Gasteiger partial charge is 0.307 e. The normalized spacial score (nSPS) is 17.6. The zero-order valence-corrected chi connectivity index (χ0v) is 10.6. The van der Waals surface area contributed by atoms with Gasteiger partial charge in [0.2, 0.25) is 0 Å². The van der Waals surface area contributed by atoms with Gasteiger partial charge in [-0.3, -0.25) is 9.59 Å². The zero-order valence-electron chi connectivity index (χ0n) is 10.6. The van der Waals surface area contributed by atoms with Crippen LogP contribution in [0.2, 0.25) is 0 Å². The molecular formula is C14H15NO3. The Balaban J connectivity index is 2.56. The Morgan fingerprint density at radius 1 is 1.22 bits per heavy atom. The van der Waals surface area contributed by atoms with Crippen molar-refractivity contribution >= 4 is 17.4 Å². The minimum atomic E-state index is -0.673. The average molecular weight is 245 g/mol. The average Bonchev–Trinajstić information content (AvgIpc) is 2.49. The molecule has 0 spiro atoms. The maximum atomic E-state index is 12.0. The van der Waals surface area contributed by atoms with E-state index in [9.17, 15) is 9.59 Å². The highest BCUT2D eigenvalue weighted by molar-refractivity contribution is 6.23. The number of carbonyl (C=O) groups excluding carboxylic acids is 2. The van der Waals surface area contributed by atoms with Gasteiger partial charge in [-0.05, 0) is 19.4 Å². The van der Waals surface area contributed by atoms with Crippen LogP contribution in [0.1, 0.15) is 26.3 Å². The summed E-state index contributed by atoms with van der Waals surface area (Å²) in [6.07, 6.45) is 0. The second-order valence-electron chi connectivity index (χ2n) is 4.74. The molecule has 1 aromatic carbocycles. The van der Waals surface area contributed by atoms with Crippen LogP contribution in [-0.4, -0.2) is 17.4 Å². The molecule has 0 bridgehead atoms. The number of hydrogen-bond donors (Lipinski definition) is 1. The number of benzene rings is 1. The molecule has 4 nitrogen and oxygen atoms in total. The quantitative estimate of drug-likeness (QED) is 0.809. The summed E-state index contributed by atoms with van der Waals surface area (Å²) in [5.74, 6) is -0.267. The fourth-order valence-corrected chi connectivity index (χ4v) is 2.01. The molecule has 4 heteroatoms. The predicted octanol–water partition coefficient (Wildman–Crippen LogP) is 1.87. The lowest BCUT2D eigenvalue weighted by Crippen LogP contribution is -2.39. The van der Waals surface area contributed by atoms with Gasteiger partial charge in [-0.2, -0.15) is 0 Å². The van der Waals surface area contributed by atoms with Gasteiger partial charge >= 0.3 is 5.97 Å². The molecule has 2 rings (SSSR count). The van der Waals surface area contributed by atoms with Crippen molar-refractivity contribution in [3.05, 3.63) is 41.7 Å². The monoisotopic (exact) mass is 245 g/mol. The van der Waals surface area contributed by atoms with Crippen molar-refractivity contribution in [2.75, 3.05) is 0 Å². The van der Waals surface area contributed by atoms with E-state index in [1.807, 2.05) is 30.3 Å². The summed E-state index contributed by atoms with van der Waals surface area (Å²) in [4.78, 5) is 23.2. The molecule has 1 aliphatic rings. The topological polar surface area (TPSA) is 55.4 Å². The summed E-state index contributed by atoms with van der Waals surface area (Å²) in [6, 6.07) is 9.19. The fourth-order valence-electron chi connectivity index (χ4n) is 2.01. The van der Waals surface area contributed by atoms with E-state index in [1.165, 1.54) is 6.92 Å². The molecule has 0 saturated heterocycles. The van der Waals surface area contributed by atoms with Gasteiger partial charge in [0.15, 0.2) is 0 Å². The lowest BCUT2D eigenvalue weighted by molar-refractivity contribution is -0.137. The highest BCUT2D eigenvalue weighted by Gasteiger charge is 2.40. The summed E-state index contributed by atoms with van der Waals surface area (Å²) >= 11 is 0. The number of carbonyl (C=O) groups is 2. The third-order valence-corrected chi connectivity index (χ3v) is 2.76. The largest absolute Gasteiger partial charge is 0.428 e. The van der Waals surface area contributed by atoms with E-state index >= 15 is 0 Å². The first-order valence-electron chi connectivity index (χ1n) is 5.73. The molecule has 0 unspecified atom stereocenters. The molecule has 94 valence electrons. The first kappa shape index (κ1) is 12.4. The highest BCUT2D eigenvalue weighted by Crippen LogP contribution is 2.33. The van der Waals surface area contributed by atoms with E-state index < -0.39 is 11.5 Å². The Bertz CT molecular complexity index is 529. The Hall–Kier alpha value is -2.10. The first-order valence-corrected chi connectivity index (χ1v) is 5.73. The van der Waals surface area contributed by atoms with Crippen LogP contribution in [0.5, 0.6) is 0 Å². The van der Waals surface area contributed by atoms with Crippen molar-refractivity contribution in [3.63, 3.8) is 0 Å². The standard InChI is InChI=1S/C14H15NO3/c1-9(16)18-12-11(10-7-5-4-6-8-10)13(17)15-14(12,2)3/h4-8H,1-3H3,(H,15,17). The number of esters is 1. The summed E-state index contributed by atoms with van der Waals surface area (Å²) in [5.41, 5.74) is 0.501. The molecule has 1 amide bonds. The van der Waals surface area contributed by atoms with Crippen LogP contribution in [0.25, 0.3) is 5.57 Å². The van der Waals surface area contributed by atoms with E-state index in [1.54, 1.807) is 13.8 Å². The van der Waals surface area contributed by atoms with Gasteiger partial charge in [0.05, 0.1) is 11.1 Å². The Morgan fingerprint density at radius 3 is 2.39 bits per heavy atom. The number of amides is 1. The minimum Gasteiger partial charge on any atom is -0.428 e. The van der Waals surface area contributed by atoms with Crippen LogP contribution >= 0.6 is 0 Å². The third kappa shape index (κ3) is 2.14. The summed E-state index contributed by atoms with van der Waals surface area (Å²) in [6.45, 7) is 4.94. The van der Waals surface area contributed by atoms with Crippen molar-refractivity contribution in [2.24, 2.45) is 0 Å². The van der Waals surface area contributed by atoms with Crippen LogP contribution in [0.4, 0.5) is 0 Å². The van der Waals surface area contributed by atoms with Crippen molar-refractivity contribution in [3.8, 4) is 0 Å². The molecule has 18 heavy (non-hydrogen) atoms. The third-order valence-electron chi connectivity index (χ3n) is 2.76. The van der Waals surface area contributed by atoms with Gasteiger partial charge in [-0.15, -0.1) is 0 Å². The van der Waals surface area contributed by atoms with E-state index in [2.05, 4.69) is 5.32 Å². The molecule has 0 radical (unpaired) electrons. The molecule has 0 aliphatic carbocycles. The number of nitrogens with one attached hydrogen (secondary N) is 1. The van der Waals surface area contributed by atoms with Crippen molar-refractivity contribution in [1.29, 1.82) is 0 Å². The predicted molar refractivity (Wildman–Crippen MR) is 67.3 cm³/mol. The Labute approximate surface area is 106 Å². The van der Waals surface area contributed by atoms with E-state index in [0.29, 0.717) is 11.3 Å². The fraction of sp³-hybridized carbons (Fsp3) is 0.286. The molecular weight excluding hydrogens is 230 g/mol. The minimum absolute atomic E-state index is 0.220. The molecule has 0 atom stereocenters. The Kier molecular flexibility index (Phi) is 2.95. The zero-order chi connectivity index (χ0) is 13.3. The van der Waals surface area contributed by atoms with Crippen LogP contribution < -0.4 is 5.32 Å². The summed E-state index contributed by atoms with van der Waals surface area (Å²) in [7, 11) is 0. The van der Waals surface area contributed by atoms with Gasteiger partial charge in [0.1, 0.15) is 5.76 Å². The number of hydrogen-bond acceptors (Lipinski definition) is 3. The van der Waals surface area contributed by atoms with Crippen LogP contribution in [0, 0.1) is 0 Å². The van der Waals surface area contributed by atoms with Crippen LogP contribution in [0.3, 0.4) is 0 Å². The summed E-state index contributed by atoms with van der Waals surface area (Å²) in [5, 5.41) is 2.81. The van der Waals surface area contributed by atoms with E-state index in [4.69, 9.17) is 4.74 Å². The second kappa shape index (κ2) is 4.29. The van der Waals surface area contributed by atoms with Crippen molar-refractivity contribution in [2.45, 2.75) is 26.3 Å². The molecule has 0 aromatic heterocycles. The lowest BCUT2D eigenvalue weighted by atomic mass is 9.99. The molecule has 0 saturated carbocycles. The van der Waals surface area contributed by atoms with Gasteiger partial charge in [-0.25, -0.2) is 0 Å². The molecule has 0 fully saturated rings. The van der Waals surface area contributed by atoms with E-state index in [-0.39, 0.29) is 5.91 Å². The highest BCUT2D eigenvalue weighted by atomic mass is 16.5. The van der Waals surface area contributed by atoms with Crippen LogP contribution in [0.15, 0.2) is 36.1 Å². The SMILES string of the molecule is CC(=O)OC1=C(c2ccccc2)C(=O)NC1(C)C. The number of ether oxygens (including phenoxy) is 1. The maximum Gasteiger partial charge on any atom is 0.307 e. The molecule has 1 N–H and O–H groups in total. The van der Waals surface area contributed by atoms with Crippen LogP contribution in [-0.2, 0) is 14.3 Å². The van der Waals surface area contributed by atoms with Crippen molar-refractivity contribution < 1.29 is 14.3 Å². The lowest BCUT2D eigenvalue weighted by Gasteiger charge is -2.21. The van der Waals surface area contributed by atoms with Gasteiger partial charge in [0, 0.05) is 6.92 Å². The molecule has 1 heterocycles. The van der Waals surface area contributed by atoms with Gasteiger partial charge < -0.3 is 10.1 Å². The molecule has 1 aliphatic heterocycles. The van der Waals surface area contributed by atoms with E-state index in [0.717, 1.165) is 5.56 Å². The second-order valence-corrected chi connectivity index (χ2v) is 4.74. The van der Waals surface area contributed by atoms with Gasteiger partial charge in [0.25, 0.3) is 5.91 Å². The van der Waals surface area contributed by atoms with Gasteiger partial charge in [-0.1, -0.05) is 30.3 Å². The maximum absolute atomic E-state index is 12.0. The molecule has 1 aromatic rings. The summed E-state index contributed by atoms with van der Waals surface area (Å²) < 4.78 is 5.22. The van der Waals surface area contributed by atoms with Crippen molar-refractivity contribution in [1.82, 2.24) is 5.32 Å². The first-order chi connectivity index (χ1) is 8.42. The number of rotatable bonds is 2. The Morgan fingerprint density at radius 2 is 1.83 bits per heavy atom.